The second kappa shape index (κ2) is 6.02. The Bertz CT molecular complexity index is 916. The number of sulfonamides is 1. The molecule has 0 spiro atoms. The fourth-order valence-corrected chi connectivity index (χ4v) is 3.67. The Morgan fingerprint density at radius 1 is 1.30 bits per heavy atom. The summed E-state index contributed by atoms with van der Waals surface area (Å²) in [5.41, 5.74) is 0.532. The van der Waals surface area contributed by atoms with Crippen LogP contribution in [-0.4, -0.2) is 34.1 Å². The Kier molecular flexibility index (Phi) is 4.07. The molecule has 9 nitrogen and oxygen atoms in total. The second-order valence-electron chi connectivity index (χ2n) is 4.58. The Morgan fingerprint density at radius 3 is 2.70 bits per heavy atom. The molecule has 1 aromatic carbocycles. The maximum Gasteiger partial charge on any atom is 0.240 e. The minimum atomic E-state index is -3.67. The quantitative estimate of drug-likeness (QED) is 0.695. The molecule has 0 saturated carbocycles. The molecule has 3 rings (SSSR count). The molecule has 0 aliphatic carbocycles. The number of hydrogen-bond donors (Lipinski definition) is 2. The highest BCUT2D eigenvalue weighted by Gasteiger charge is 2.15. The van der Waals surface area contributed by atoms with Crippen LogP contribution in [0.25, 0.3) is 4.96 Å². The van der Waals surface area contributed by atoms with Gasteiger partial charge in [-0.1, -0.05) is 11.3 Å². The number of fused-ring (bicyclic) bond motifs is 1. The number of hydrogen-bond acceptors (Lipinski definition) is 7. The molecule has 2 aromatic heterocycles. The van der Waals surface area contributed by atoms with E-state index in [9.17, 15) is 13.2 Å². The normalized spacial score (nSPS) is 11.7. The van der Waals surface area contributed by atoms with Gasteiger partial charge in [0.05, 0.1) is 11.4 Å². The van der Waals surface area contributed by atoms with Crippen LogP contribution in [0.2, 0.25) is 0 Å². The van der Waals surface area contributed by atoms with E-state index in [0.29, 0.717) is 15.7 Å². The van der Waals surface area contributed by atoms with Crippen molar-refractivity contribution in [3.8, 4) is 0 Å². The second-order valence-corrected chi connectivity index (χ2v) is 7.39. The van der Waals surface area contributed by atoms with Crippen LogP contribution in [-0.2, 0) is 21.4 Å². The fourth-order valence-electron chi connectivity index (χ4n) is 1.83. The van der Waals surface area contributed by atoms with Crippen LogP contribution in [0.3, 0.4) is 0 Å². The number of rotatable bonds is 5. The van der Waals surface area contributed by atoms with Gasteiger partial charge in [0.2, 0.25) is 20.9 Å². The van der Waals surface area contributed by atoms with Gasteiger partial charge in [-0.25, -0.2) is 13.1 Å². The zero-order valence-electron chi connectivity index (χ0n) is 11.9. The zero-order valence-corrected chi connectivity index (χ0v) is 13.6. The molecule has 3 aromatic rings. The van der Waals surface area contributed by atoms with E-state index in [-0.39, 0.29) is 17.3 Å². The number of carbonyl (C=O) groups is 1. The molecule has 0 bridgehead atoms. The van der Waals surface area contributed by atoms with E-state index < -0.39 is 10.0 Å². The molecule has 0 saturated heterocycles. The van der Waals surface area contributed by atoms with Crippen LogP contribution in [0.15, 0.2) is 35.5 Å². The lowest BCUT2D eigenvalue weighted by molar-refractivity contribution is -0.114. The SMILES string of the molecule is CC(=O)Nc1ccc(S(=O)(=O)NCc2nn3cnnc3s2)cc1. The van der Waals surface area contributed by atoms with Gasteiger partial charge < -0.3 is 5.32 Å². The van der Waals surface area contributed by atoms with Gasteiger partial charge >= 0.3 is 0 Å². The average Bonchev–Trinajstić information content (AvgIpc) is 3.06. The van der Waals surface area contributed by atoms with Crippen LogP contribution < -0.4 is 10.0 Å². The number of anilines is 1. The van der Waals surface area contributed by atoms with Gasteiger partial charge in [0, 0.05) is 12.6 Å². The first-order chi connectivity index (χ1) is 10.9. The van der Waals surface area contributed by atoms with Crippen molar-refractivity contribution in [2.75, 3.05) is 5.32 Å². The molecule has 2 heterocycles. The average molecular weight is 352 g/mol. The van der Waals surface area contributed by atoms with Crippen molar-refractivity contribution >= 4 is 37.9 Å². The summed E-state index contributed by atoms with van der Waals surface area (Å²) in [6, 6.07) is 5.90. The van der Waals surface area contributed by atoms with Crippen LogP contribution >= 0.6 is 11.3 Å². The number of benzene rings is 1. The topological polar surface area (TPSA) is 118 Å². The van der Waals surface area contributed by atoms with Gasteiger partial charge in [0.1, 0.15) is 11.3 Å². The first kappa shape index (κ1) is 15.5. The predicted molar refractivity (Wildman–Crippen MR) is 83.4 cm³/mol. The molecule has 0 fully saturated rings. The molecule has 11 heteroatoms. The van der Waals surface area contributed by atoms with Crippen molar-refractivity contribution in [1.82, 2.24) is 24.5 Å². The van der Waals surface area contributed by atoms with Crippen molar-refractivity contribution in [3.05, 3.63) is 35.6 Å². The lowest BCUT2D eigenvalue weighted by Gasteiger charge is -2.06. The van der Waals surface area contributed by atoms with Crippen molar-refractivity contribution in [2.45, 2.75) is 18.4 Å². The number of nitrogens with one attached hydrogen (secondary N) is 2. The van der Waals surface area contributed by atoms with Gasteiger partial charge in [-0.15, -0.1) is 10.2 Å². The van der Waals surface area contributed by atoms with E-state index in [4.69, 9.17) is 0 Å². The third kappa shape index (κ3) is 3.52. The molecule has 0 unspecified atom stereocenters. The highest BCUT2D eigenvalue weighted by molar-refractivity contribution is 7.89. The number of nitrogens with zero attached hydrogens (tertiary/aromatic N) is 4. The summed E-state index contributed by atoms with van der Waals surface area (Å²) in [6.45, 7) is 1.44. The van der Waals surface area contributed by atoms with Gasteiger partial charge in [-0.3, -0.25) is 4.79 Å². The number of carbonyl (C=O) groups excluding carboxylic acids is 1. The molecule has 23 heavy (non-hydrogen) atoms. The summed E-state index contributed by atoms with van der Waals surface area (Å²) in [7, 11) is -3.67. The molecule has 0 radical (unpaired) electrons. The summed E-state index contributed by atoms with van der Waals surface area (Å²) in [5, 5.41) is 14.8. The largest absolute Gasteiger partial charge is 0.326 e. The third-order valence-corrected chi connectivity index (χ3v) is 5.16. The van der Waals surface area contributed by atoms with Crippen molar-refractivity contribution in [1.29, 1.82) is 0 Å². The summed E-state index contributed by atoms with van der Waals surface area (Å²) in [6.07, 6.45) is 1.45. The van der Waals surface area contributed by atoms with E-state index in [1.807, 2.05) is 0 Å². The molecule has 0 aliphatic heterocycles. The standard InChI is InChI=1S/C12H12N6O3S2/c1-8(19)15-9-2-4-10(5-3-9)23(20,21)14-6-11-17-18-7-13-16-12(18)22-11/h2-5,7,14H,6H2,1H3,(H,15,19). The van der Waals surface area contributed by atoms with Gasteiger partial charge in [0.25, 0.3) is 0 Å². The smallest absolute Gasteiger partial charge is 0.240 e. The van der Waals surface area contributed by atoms with Gasteiger partial charge in [-0.05, 0) is 24.3 Å². The number of aromatic nitrogens is 4. The minimum absolute atomic E-state index is 0.0593. The van der Waals surface area contributed by atoms with Crippen molar-refractivity contribution in [3.63, 3.8) is 0 Å². The Morgan fingerprint density at radius 2 is 2.04 bits per heavy atom. The fraction of sp³-hybridized carbons (Fsp3) is 0.167. The van der Waals surface area contributed by atoms with Crippen molar-refractivity contribution < 1.29 is 13.2 Å². The minimum Gasteiger partial charge on any atom is -0.326 e. The lowest BCUT2D eigenvalue weighted by Crippen LogP contribution is -2.23. The van der Waals surface area contributed by atoms with E-state index in [0.717, 1.165) is 0 Å². The van der Waals surface area contributed by atoms with E-state index in [2.05, 4.69) is 25.3 Å². The van der Waals surface area contributed by atoms with E-state index >= 15 is 0 Å². The maximum absolute atomic E-state index is 12.2. The molecule has 0 atom stereocenters. The molecular formula is C12H12N6O3S2. The molecular weight excluding hydrogens is 340 g/mol. The zero-order chi connectivity index (χ0) is 16.4. The van der Waals surface area contributed by atoms with Crippen LogP contribution in [0, 0.1) is 0 Å². The highest BCUT2D eigenvalue weighted by atomic mass is 32.2. The summed E-state index contributed by atoms with van der Waals surface area (Å²) >= 11 is 1.25. The highest BCUT2D eigenvalue weighted by Crippen LogP contribution is 2.16. The summed E-state index contributed by atoms with van der Waals surface area (Å²) in [4.78, 5) is 11.6. The maximum atomic E-state index is 12.2. The Labute approximate surface area is 135 Å². The van der Waals surface area contributed by atoms with Gasteiger partial charge in [-0.2, -0.15) is 9.61 Å². The summed E-state index contributed by atoms with van der Waals surface area (Å²) < 4.78 is 28.4. The molecule has 120 valence electrons. The third-order valence-electron chi connectivity index (χ3n) is 2.83. The molecule has 2 N–H and O–H groups in total. The lowest BCUT2D eigenvalue weighted by atomic mass is 10.3. The predicted octanol–water partition coefficient (Wildman–Crippen LogP) is 0.623. The number of amides is 1. The molecule has 1 amide bonds. The Hall–Kier alpha value is -2.37. The van der Waals surface area contributed by atoms with E-state index in [1.54, 1.807) is 0 Å². The van der Waals surface area contributed by atoms with E-state index in [1.165, 1.54) is 53.4 Å². The van der Waals surface area contributed by atoms with Crippen LogP contribution in [0.1, 0.15) is 11.9 Å². The molecule has 0 aliphatic rings. The van der Waals surface area contributed by atoms with Crippen LogP contribution in [0.5, 0.6) is 0 Å². The Balaban J connectivity index is 1.70. The first-order valence-corrected chi connectivity index (χ1v) is 8.77. The summed E-state index contributed by atoms with van der Waals surface area (Å²) in [5.74, 6) is -0.220. The first-order valence-electron chi connectivity index (χ1n) is 6.47. The monoisotopic (exact) mass is 352 g/mol. The van der Waals surface area contributed by atoms with Gasteiger partial charge in [0.15, 0.2) is 0 Å². The van der Waals surface area contributed by atoms with Crippen molar-refractivity contribution in [2.24, 2.45) is 0 Å². The van der Waals surface area contributed by atoms with Crippen LogP contribution in [0.4, 0.5) is 5.69 Å².